The van der Waals surface area contributed by atoms with Crippen LogP contribution < -0.4 is 10.2 Å². The molecule has 0 heterocycles. The van der Waals surface area contributed by atoms with Crippen LogP contribution in [0.1, 0.15) is 26.3 Å². The second-order valence-electron chi connectivity index (χ2n) is 4.65. The highest BCUT2D eigenvalue weighted by Crippen LogP contribution is 2.39. The fourth-order valence-corrected chi connectivity index (χ4v) is 3.83. The number of carboxylic acids is 2. The van der Waals surface area contributed by atoms with Gasteiger partial charge in [-0.05, 0) is 36.8 Å². The van der Waals surface area contributed by atoms with Crippen LogP contribution in [0.5, 0.6) is 0 Å². The Bertz CT molecular complexity index is 837. The second-order valence-corrected chi connectivity index (χ2v) is 6.93. The molecule has 9 heteroatoms. The number of carbonyl (C=O) groups is 2. The van der Waals surface area contributed by atoms with Gasteiger partial charge in [-0.3, -0.25) is 10.1 Å². The van der Waals surface area contributed by atoms with Crippen LogP contribution in [0.3, 0.4) is 0 Å². The Balaban J connectivity index is 2.22. The normalized spacial score (nSPS) is 10.4. The number of benzene rings is 2. The van der Waals surface area contributed by atoms with Gasteiger partial charge in [0.25, 0.3) is 5.69 Å². The molecule has 124 valence electrons. The molecule has 0 atom stereocenters. The standard InChI is InChI=1S/C15H11NO6S2/c1-8-2-3-9(6-11(8)14(17)18)23-24-10-4-5-13(16(21)22)12(7-10)15(19)20/h2-7H,1H3,(H,17,18)(H,19,20)/p-2. The number of nitro groups is 1. The van der Waals surface area contributed by atoms with Gasteiger partial charge in [0.05, 0.1) is 22.4 Å². The lowest BCUT2D eigenvalue weighted by Gasteiger charge is -2.10. The number of nitro benzene ring substituents is 1. The Morgan fingerprint density at radius 1 is 0.917 bits per heavy atom. The fraction of sp³-hybridized carbons (Fsp3) is 0.0667. The first kappa shape index (κ1) is 17.8. The number of carboxylic acid groups (broad SMARTS) is 2. The number of hydrogen-bond acceptors (Lipinski definition) is 8. The minimum absolute atomic E-state index is 0.0692. The summed E-state index contributed by atoms with van der Waals surface area (Å²) in [4.78, 5) is 33.1. The molecule has 0 fully saturated rings. The summed E-state index contributed by atoms with van der Waals surface area (Å²) in [6, 6.07) is 8.46. The third-order valence-electron chi connectivity index (χ3n) is 3.05. The molecule has 0 saturated heterocycles. The summed E-state index contributed by atoms with van der Waals surface area (Å²) < 4.78 is 0. The van der Waals surface area contributed by atoms with Crippen molar-refractivity contribution >= 4 is 39.2 Å². The molecule has 0 amide bonds. The van der Waals surface area contributed by atoms with Gasteiger partial charge in [0.1, 0.15) is 0 Å². The molecule has 2 rings (SSSR count). The van der Waals surface area contributed by atoms with E-state index in [1.165, 1.54) is 22.9 Å². The lowest BCUT2D eigenvalue weighted by atomic mass is 10.1. The van der Waals surface area contributed by atoms with Crippen LogP contribution in [0.25, 0.3) is 0 Å². The maximum atomic E-state index is 11.0. The van der Waals surface area contributed by atoms with Gasteiger partial charge in [0.2, 0.25) is 0 Å². The van der Waals surface area contributed by atoms with E-state index >= 15 is 0 Å². The molecular weight excluding hydrogens is 354 g/mol. The number of aryl methyl sites for hydroxylation is 1. The van der Waals surface area contributed by atoms with E-state index in [9.17, 15) is 29.9 Å². The summed E-state index contributed by atoms with van der Waals surface area (Å²) in [5.74, 6) is -2.92. The molecule has 2 aromatic rings. The molecule has 0 bridgehead atoms. The van der Waals surface area contributed by atoms with E-state index in [0.29, 0.717) is 15.4 Å². The average Bonchev–Trinajstić information content (AvgIpc) is 2.53. The third kappa shape index (κ3) is 4.06. The molecular formula is C15H9NO6S2-2. The first-order chi connectivity index (χ1) is 11.3. The highest BCUT2D eigenvalue weighted by atomic mass is 33.1. The summed E-state index contributed by atoms with van der Waals surface area (Å²) >= 11 is 0. The zero-order valence-corrected chi connectivity index (χ0v) is 13.8. The smallest absolute Gasteiger partial charge is 0.278 e. The van der Waals surface area contributed by atoms with Crippen molar-refractivity contribution in [3.05, 3.63) is 63.2 Å². The van der Waals surface area contributed by atoms with Crippen molar-refractivity contribution in [2.24, 2.45) is 0 Å². The molecule has 0 aliphatic heterocycles. The topological polar surface area (TPSA) is 123 Å². The van der Waals surface area contributed by atoms with Gasteiger partial charge in [0, 0.05) is 21.4 Å². The minimum atomic E-state index is -1.64. The van der Waals surface area contributed by atoms with Crippen LogP contribution in [-0.4, -0.2) is 16.9 Å². The van der Waals surface area contributed by atoms with Crippen molar-refractivity contribution < 1.29 is 24.7 Å². The third-order valence-corrected chi connectivity index (χ3v) is 5.43. The number of hydrogen-bond donors (Lipinski definition) is 0. The zero-order valence-electron chi connectivity index (χ0n) is 12.2. The number of carbonyl (C=O) groups excluding carboxylic acids is 2. The molecule has 0 N–H and O–H groups in total. The molecule has 7 nitrogen and oxygen atoms in total. The molecule has 0 unspecified atom stereocenters. The van der Waals surface area contributed by atoms with Crippen LogP contribution in [0, 0.1) is 17.0 Å². The van der Waals surface area contributed by atoms with Crippen LogP contribution in [-0.2, 0) is 0 Å². The van der Waals surface area contributed by atoms with Gasteiger partial charge in [-0.2, -0.15) is 0 Å². The Hall–Kier alpha value is -2.52. The second kappa shape index (κ2) is 7.37. The van der Waals surface area contributed by atoms with E-state index in [1.54, 1.807) is 19.1 Å². The summed E-state index contributed by atoms with van der Waals surface area (Å²) in [5.41, 5.74) is -0.414. The monoisotopic (exact) mass is 363 g/mol. The number of rotatable bonds is 6. The van der Waals surface area contributed by atoms with Crippen molar-refractivity contribution in [1.29, 1.82) is 0 Å². The molecule has 24 heavy (non-hydrogen) atoms. The number of nitrogens with zero attached hydrogens (tertiary/aromatic N) is 1. The van der Waals surface area contributed by atoms with Gasteiger partial charge in [0.15, 0.2) is 0 Å². The first-order valence-electron chi connectivity index (χ1n) is 6.46. The highest BCUT2D eigenvalue weighted by molar-refractivity contribution is 8.76. The minimum Gasteiger partial charge on any atom is -0.545 e. The summed E-state index contributed by atoms with van der Waals surface area (Å²) in [7, 11) is 2.33. The SMILES string of the molecule is Cc1ccc(SSc2ccc([N+](=O)[O-])c(C(=O)[O-])c2)cc1C(=O)[O-]. The molecule has 0 radical (unpaired) electrons. The van der Waals surface area contributed by atoms with Crippen molar-refractivity contribution in [3.63, 3.8) is 0 Å². The molecule has 0 saturated carbocycles. The van der Waals surface area contributed by atoms with Crippen LogP contribution >= 0.6 is 21.6 Å². The highest BCUT2D eigenvalue weighted by Gasteiger charge is 2.15. The lowest BCUT2D eigenvalue weighted by molar-refractivity contribution is -0.385. The number of aromatic carboxylic acids is 2. The van der Waals surface area contributed by atoms with E-state index in [2.05, 4.69) is 0 Å². The molecule has 0 aromatic heterocycles. The van der Waals surface area contributed by atoms with Crippen molar-refractivity contribution in [3.8, 4) is 0 Å². The quantitative estimate of drug-likeness (QED) is 0.429. The molecule has 0 spiro atoms. The van der Waals surface area contributed by atoms with E-state index in [1.807, 2.05) is 0 Å². The lowest BCUT2D eigenvalue weighted by Crippen LogP contribution is -2.23. The van der Waals surface area contributed by atoms with E-state index in [-0.39, 0.29) is 5.56 Å². The Morgan fingerprint density at radius 2 is 1.42 bits per heavy atom. The van der Waals surface area contributed by atoms with Gasteiger partial charge >= 0.3 is 0 Å². The van der Waals surface area contributed by atoms with Crippen molar-refractivity contribution in [1.82, 2.24) is 0 Å². The maximum Gasteiger partial charge on any atom is 0.278 e. The predicted molar refractivity (Wildman–Crippen MR) is 84.7 cm³/mol. The van der Waals surface area contributed by atoms with E-state index in [0.717, 1.165) is 22.9 Å². The zero-order chi connectivity index (χ0) is 17.9. The maximum absolute atomic E-state index is 11.0. The van der Waals surface area contributed by atoms with Gasteiger partial charge in [-0.15, -0.1) is 0 Å². The summed E-state index contributed by atoms with van der Waals surface area (Å²) in [6.45, 7) is 1.65. The van der Waals surface area contributed by atoms with Gasteiger partial charge < -0.3 is 19.8 Å². The Morgan fingerprint density at radius 3 is 1.92 bits per heavy atom. The largest absolute Gasteiger partial charge is 0.545 e. The fourth-order valence-electron chi connectivity index (χ4n) is 1.86. The molecule has 2 aromatic carbocycles. The van der Waals surface area contributed by atoms with Gasteiger partial charge in [-0.25, -0.2) is 0 Å². The molecule has 0 aliphatic carbocycles. The van der Waals surface area contributed by atoms with Crippen LogP contribution in [0.4, 0.5) is 5.69 Å². The van der Waals surface area contributed by atoms with Crippen LogP contribution in [0.2, 0.25) is 0 Å². The Labute approximate surface area is 144 Å². The Kier molecular flexibility index (Phi) is 5.47. The van der Waals surface area contributed by atoms with E-state index in [4.69, 9.17) is 0 Å². The average molecular weight is 363 g/mol. The summed E-state index contributed by atoms with van der Waals surface area (Å²) in [6.07, 6.45) is 0. The molecule has 0 aliphatic rings. The van der Waals surface area contributed by atoms with Crippen LogP contribution in [0.15, 0.2) is 46.2 Å². The van der Waals surface area contributed by atoms with Crippen molar-refractivity contribution in [2.75, 3.05) is 0 Å². The van der Waals surface area contributed by atoms with Crippen molar-refractivity contribution in [2.45, 2.75) is 16.7 Å². The predicted octanol–water partition coefficient (Wildman–Crippen LogP) is 1.43. The van der Waals surface area contributed by atoms with E-state index < -0.39 is 28.1 Å². The first-order valence-corrected chi connectivity index (χ1v) is 8.61. The summed E-state index contributed by atoms with van der Waals surface area (Å²) in [5, 5.41) is 32.8. The van der Waals surface area contributed by atoms with Gasteiger partial charge in [-0.1, -0.05) is 27.7 Å².